The maximum absolute atomic E-state index is 12.2. The molecule has 1 unspecified atom stereocenters. The number of carboxylic acids is 1. The van der Waals surface area contributed by atoms with Crippen molar-refractivity contribution in [3.8, 4) is 0 Å². The number of nitrogens with one attached hydrogen (secondary N) is 1. The Kier molecular flexibility index (Phi) is 6.29. The lowest BCUT2D eigenvalue weighted by Crippen LogP contribution is -2.31. The van der Waals surface area contributed by atoms with Gasteiger partial charge in [0.1, 0.15) is 0 Å². The van der Waals surface area contributed by atoms with Gasteiger partial charge in [-0.2, -0.15) is 0 Å². The van der Waals surface area contributed by atoms with Crippen LogP contribution >= 0.6 is 27.3 Å². The van der Waals surface area contributed by atoms with Crippen LogP contribution in [0.1, 0.15) is 35.7 Å². The van der Waals surface area contributed by atoms with Crippen LogP contribution in [0.15, 0.2) is 34.1 Å². The molecule has 0 aliphatic heterocycles. The van der Waals surface area contributed by atoms with Crippen molar-refractivity contribution in [2.24, 2.45) is 0 Å². The zero-order valence-corrected chi connectivity index (χ0v) is 15.0. The number of carboxylic acid groups (broad SMARTS) is 1. The first-order chi connectivity index (χ1) is 11.0. The van der Waals surface area contributed by atoms with Gasteiger partial charge < -0.3 is 10.4 Å². The van der Waals surface area contributed by atoms with Crippen LogP contribution in [-0.4, -0.2) is 22.0 Å². The summed E-state index contributed by atoms with van der Waals surface area (Å²) in [5, 5.41) is 14.7. The Bertz CT molecular complexity index is 702. The predicted molar refractivity (Wildman–Crippen MR) is 92.5 cm³/mol. The first-order valence-electron chi connectivity index (χ1n) is 7.17. The van der Waals surface area contributed by atoms with Crippen molar-refractivity contribution in [2.45, 2.75) is 32.2 Å². The van der Waals surface area contributed by atoms with Crippen LogP contribution in [0.3, 0.4) is 0 Å². The first-order valence-corrected chi connectivity index (χ1v) is 8.85. The number of benzene rings is 1. The largest absolute Gasteiger partial charge is 0.481 e. The molecule has 0 bridgehead atoms. The van der Waals surface area contributed by atoms with Gasteiger partial charge in [-0.3, -0.25) is 9.59 Å². The van der Waals surface area contributed by atoms with Crippen LogP contribution < -0.4 is 5.32 Å². The lowest BCUT2D eigenvalue weighted by atomic mass is 10.0. The summed E-state index contributed by atoms with van der Waals surface area (Å²) in [4.78, 5) is 27.6. The van der Waals surface area contributed by atoms with Gasteiger partial charge in [0.15, 0.2) is 0 Å². The molecule has 2 aromatic rings. The summed E-state index contributed by atoms with van der Waals surface area (Å²) < 4.78 is 0.840. The molecular formula is C16H17BrN2O3S. The summed E-state index contributed by atoms with van der Waals surface area (Å²) in [6.07, 6.45) is 0.825. The molecule has 0 aliphatic carbocycles. The standard InChI is InChI=1S/C16H17BrN2O3S/c1-2-15-18-12(9-23-15)7-14(20)19-13(8-16(21)22)10-4-3-5-11(17)6-10/h3-6,9,13H,2,7-8H2,1H3,(H,19,20)(H,21,22). The van der Waals surface area contributed by atoms with Crippen molar-refractivity contribution in [3.63, 3.8) is 0 Å². The van der Waals surface area contributed by atoms with E-state index in [1.165, 1.54) is 11.3 Å². The zero-order valence-electron chi connectivity index (χ0n) is 12.6. The summed E-state index contributed by atoms with van der Waals surface area (Å²) in [7, 11) is 0. The Morgan fingerprint density at radius 3 is 2.83 bits per heavy atom. The van der Waals surface area contributed by atoms with E-state index in [1.807, 2.05) is 30.5 Å². The molecule has 0 spiro atoms. The SMILES string of the molecule is CCc1nc(CC(=O)NC(CC(=O)O)c2cccc(Br)c2)cs1. The number of halogens is 1. The van der Waals surface area contributed by atoms with Gasteiger partial charge in [-0.1, -0.05) is 35.0 Å². The Balaban J connectivity index is 2.07. The van der Waals surface area contributed by atoms with Crippen LogP contribution in [0.4, 0.5) is 0 Å². The highest BCUT2D eigenvalue weighted by atomic mass is 79.9. The van der Waals surface area contributed by atoms with Crippen molar-refractivity contribution in [1.29, 1.82) is 0 Å². The van der Waals surface area contributed by atoms with Gasteiger partial charge in [0.2, 0.25) is 5.91 Å². The topological polar surface area (TPSA) is 79.3 Å². The van der Waals surface area contributed by atoms with Crippen LogP contribution in [0, 0.1) is 0 Å². The zero-order chi connectivity index (χ0) is 16.8. The molecule has 0 aliphatic rings. The highest BCUT2D eigenvalue weighted by Gasteiger charge is 2.19. The van der Waals surface area contributed by atoms with E-state index in [4.69, 9.17) is 5.11 Å². The second kappa shape index (κ2) is 8.21. The number of carbonyl (C=O) groups is 2. The van der Waals surface area contributed by atoms with E-state index in [0.717, 1.165) is 21.5 Å². The quantitative estimate of drug-likeness (QED) is 0.751. The third kappa shape index (κ3) is 5.44. The molecule has 2 rings (SSSR count). The predicted octanol–water partition coefficient (Wildman–Crippen LogP) is 3.34. The average molecular weight is 397 g/mol. The van der Waals surface area contributed by atoms with Crippen molar-refractivity contribution in [1.82, 2.24) is 10.3 Å². The van der Waals surface area contributed by atoms with Crippen LogP contribution in [0.5, 0.6) is 0 Å². The fourth-order valence-corrected chi connectivity index (χ4v) is 3.31. The number of thiazole rings is 1. The number of carbonyl (C=O) groups excluding carboxylic acids is 1. The number of aliphatic carboxylic acids is 1. The van der Waals surface area contributed by atoms with Gasteiger partial charge in [-0.15, -0.1) is 11.3 Å². The molecule has 0 saturated carbocycles. The number of aromatic nitrogens is 1. The highest BCUT2D eigenvalue weighted by molar-refractivity contribution is 9.10. The minimum absolute atomic E-state index is 0.153. The minimum atomic E-state index is -0.961. The molecule has 23 heavy (non-hydrogen) atoms. The van der Waals surface area contributed by atoms with E-state index in [2.05, 4.69) is 26.2 Å². The summed E-state index contributed by atoms with van der Waals surface area (Å²) in [5.41, 5.74) is 1.47. The Hall–Kier alpha value is -1.73. The molecule has 0 fully saturated rings. The van der Waals surface area contributed by atoms with E-state index in [1.54, 1.807) is 6.07 Å². The maximum atomic E-state index is 12.2. The molecule has 122 valence electrons. The van der Waals surface area contributed by atoms with Crippen molar-refractivity contribution >= 4 is 39.1 Å². The second-order valence-electron chi connectivity index (χ2n) is 5.04. The molecule has 7 heteroatoms. The number of hydrogen-bond acceptors (Lipinski definition) is 4. The lowest BCUT2D eigenvalue weighted by Gasteiger charge is -2.17. The first kappa shape index (κ1) is 17.6. The average Bonchev–Trinajstić information content (AvgIpc) is 2.93. The van der Waals surface area contributed by atoms with Crippen LogP contribution in [0.2, 0.25) is 0 Å². The van der Waals surface area contributed by atoms with Crippen LogP contribution in [0.25, 0.3) is 0 Å². The summed E-state index contributed by atoms with van der Waals surface area (Å²) in [6.45, 7) is 2.01. The third-order valence-corrected chi connectivity index (χ3v) is 4.74. The Morgan fingerprint density at radius 1 is 1.43 bits per heavy atom. The molecule has 1 atom stereocenters. The van der Waals surface area contributed by atoms with Gasteiger partial charge in [-0.25, -0.2) is 4.98 Å². The third-order valence-electron chi connectivity index (χ3n) is 3.21. The Labute approximate surface area is 146 Å². The number of amides is 1. The molecular weight excluding hydrogens is 380 g/mol. The van der Waals surface area contributed by atoms with Gasteiger partial charge in [0.25, 0.3) is 0 Å². The van der Waals surface area contributed by atoms with Gasteiger partial charge >= 0.3 is 5.97 Å². The van der Waals surface area contributed by atoms with Crippen molar-refractivity contribution in [2.75, 3.05) is 0 Å². The highest BCUT2D eigenvalue weighted by Crippen LogP contribution is 2.21. The summed E-state index contributed by atoms with van der Waals surface area (Å²) >= 11 is 4.89. The summed E-state index contributed by atoms with van der Waals surface area (Å²) in [6, 6.07) is 6.71. The molecule has 5 nitrogen and oxygen atoms in total. The van der Waals surface area contributed by atoms with Gasteiger partial charge in [0, 0.05) is 9.85 Å². The van der Waals surface area contributed by atoms with E-state index in [0.29, 0.717) is 5.69 Å². The summed E-state index contributed by atoms with van der Waals surface area (Å²) in [5.74, 6) is -1.19. The fourth-order valence-electron chi connectivity index (χ4n) is 2.15. The monoisotopic (exact) mass is 396 g/mol. The van der Waals surface area contributed by atoms with Gasteiger partial charge in [-0.05, 0) is 24.1 Å². The number of nitrogens with zero attached hydrogens (tertiary/aromatic N) is 1. The smallest absolute Gasteiger partial charge is 0.305 e. The van der Waals surface area contributed by atoms with Crippen molar-refractivity contribution in [3.05, 3.63) is 50.4 Å². The van der Waals surface area contributed by atoms with E-state index >= 15 is 0 Å². The number of aryl methyl sites for hydroxylation is 1. The van der Waals surface area contributed by atoms with Gasteiger partial charge in [0.05, 0.1) is 29.6 Å². The van der Waals surface area contributed by atoms with Crippen molar-refractivity contribution < 1.29 is 14.7 Å². The van der Waals surface area contributed by atoms with E-state index in [9.17, 15) is 9.59 Å². The Morgan fingerprint density at radius 2 is 2.22 bits per heavy atom. The normalized spacial score (nSPS) is 11.9. The fraction of sp³-hybridized carbons (Fsp3) is 0.312. The lowest BCUT2D eigenvalue weighted by molar-refractivity contribution is -0.137. The molecule has 2 N–H and O–H groups in total. The van der Waals surface area contributed by atoms with Crippen LogP contribution in [-0.2, 0) is 22.4 Å². The molecule has 1 aromatic carbocycles. The molecule has 0 radical (unpaired) electrons. The number of rotatable bonds is 7. The molecule has 1 amide bonds. The minimum Gasteiger partial charge on any atom is -0.481 e. The van der Waals surface area contributed by atoms with E-state index in [-0.39, 0.29) is 18.7 Å². The second-order valence-corrected chi connectivity index (χ2v) is 6.89. The molecule has 1 heterocycles. The molecule has 1 aromatic heterocycles. The molecule has 0 saturated heterocycles. The van der Waals surface area contributed by atoms with E-state index < -0.39 is 12.0 Å². The number of hydrogen-bond donors (Lipinski definition) is 2. The maximum Gasteiger partial charge on any atom is 0.305 e.